The molecule has 1 atom stereocenters. The van der Waals surface area contributed by atoms with Gasteiger partial charge in [-0.1, -0.05) is 18.2 Å². The number of para-hydroxylation sites is 1. The summed E-state index contributed by atoms with van der Waals surface area (Å²) in [6.07, 6.45) is 3.20. The average Bonchev–Trinajstić information content (AvgIpc) is 2.47. The monoisotopic (exact) mass is 200 g/mol. The van der Waals surface area contributed by atoms with Crippen LogP contribution in [-0.2, 0) is 6.42 Å². The fourth-order valence-corrected chi connectivity index (χ4v) is 2.34. The Kier molecular flexibility index (Phi) is 2.91. The maximum absolute atomic E-state index is 9.15. The zero-order valence-corrected chi connectivity index (χ0v) is 9.11. The van der Waals surface area contributed by atoms with Gasteiger partial charge in [-0.25, -0.2) is 0 Å². The van der Waals surface area contributed by atoms with E-state index in [0.29, 0.717) is 0 Å². The van der Waals surface area contributed by atoms with Crippen LogP contribution in [0.25, 0.3) is 0 Å². The predicted octanol–water partition coefficient (Wildman–Crippen LogP) is 2.74. The Morgan fingerprint density at radius 1 is 1.47 bits per heavy atom. The number of nitrogens with zero attached hydrogens (tertiary/aromatic N) is 2. The van der Waals surface area contributed by atoms with E-state index < -0.39 is 0 Å². The zero-order valence-electron chi connectivity index (χ0n) is 9.11. The standard InChI is InChI=1S/C13H16N2/c1-2-15-12(10-14)8-5-7-11-6-3-4-9-13(11)15/h3-4,6,9,12H,2,5,7-8H2,1H3. The van der Waals surface area contributed by atoms with Gasteiger partial charge >= 0.3 is 0 Å². The van der Waals surface area contributed by atoms with E-state index in [-0.39, 0.29) is 6.04 Å². The first-order valence-corrected chi connectivity index (χ1v) is 5.61. The molecular weight excluding hydrogens is 184 g/mol. The van der Waals surface area contributed by atoms with E-state index in [1.807, 2.05) is 0 Å². The van der Waals surface area contributed by atoms with Gasteiger partial charge in [0.25, 0.3) is 0 Å². The molecule has 0 amide bonds. The third-order valence-corrected chi connectivity index (χ3v) is 3.09. The predicted molar refractivity (Wildman–Crippen MR) is 61.8 cm³/mol. The van der Waals surface area contributed by atoms with E-state index in [0.717, 1.165) is 25.8 Å². The van der Waals surface area contributed by atoms with Gasteiger partial charge < -0.3 is 4.90 Å². The first kappa shape index (κ1) is 10.0. The number of hydrogen-bond acceptors (Lipinski definition) is 2. The van der Waals surface area contributed by atoms with Crippen LogP contribution in [0.15, 0.2) is 24.3 Å². The molecule has 0 fully saturated rings. The van der Waals surface area contributed by atoms with Crippen LogP contribution in [0.3, 0.4) is 0 Å². The minimum absolute atomic E-state index is 0.0543. The first-order chi connectivity index (χ1) is 7.36. The molecule has 0 aromatic heterocycles. The van der Waals surface area contributed by atoms with Gasteiger partial charge in [0, 0.05) is 12.2 Å². The van der Waals surface area contributed by atoms with Crippen LogP contribution in [-0.4, -0.2) is 12.6 Å². The molecule has 2 heteroatoms. The molecular formula is C13H16N2. The average molecular weight is 200 g/mol. The van der Waals surface area contributed by atoms with Gasteiger partial charge in [-0.2, -0.15) is 5.26 Å². The fraction of sp³-hybridized carbons (Fsp3) is 0.462. The van der Waals surface area contributed by atoms with Crippen LogP contribution < -0.4 is 4.90 Å². The van der Waals surface area contributed by atoms with E-state index in [1.165, 1.54) is 11.3 Å². The van der Waals surface area contributed by atoms with Crippen molar-refractivity contribution in [1.82, 2.24) is 0 Å². The summed E-state index contributed by atoms with van der Waals surface area (Å²) >= 11 is 0. The van der Waals surface area contributed by atoms with Gasteiger partial charge in [0.05, 0.1) is 6.07 Å². The molecule has 0 saturated carbocycles. The Bertz CT molecular complexity index is 378. The molecule has 1 aliphatic rings. The summed E-state index contributed by atoms with van der Waals surface area (Å²) in [6.45, 7) is 3.03. The number of fused-ring (bicyclic) bond motifs is 1. The molecule has 15 heavy (non-hydrogen) atoms. The lowest BCUT2D eigenvalue weighted by Crippen LogP contribution is -2.33. The van der Waals surface area contributed by atoms with E-state index >= 15 is 0 Å². The number of hydrogen-bond donors (Lipinski definition) is 0. The number of rotatable bonds is 1. The van der Waals surface area contributed by atoms with Crippen LogP contribution in [0.5, 0.6) is 0 Å². The SMILES string of the molecule is CCN1c2ccccc2CCCC1C#N. The van der Waals surface area contributed by atoms with Gasteiger partial charge in [0.1, 0.15) is 6.04 Å². The van der Waals surface area contributed by atoms with Crippen molar-refractivity contribution >= 4 is 5.69 Å². The van der Waals surface area contributed by atoms with Crippen molar-refractivity contribution in [3.8, 4) is 6.07 Å². The Hall–Kier alpha value is -1.49. The maximum Gasteiger partial charge on any atom is 0.116 e. The van der Waals surface area contributed by atoms with Crippen molar-refractivity contribution in [2.45, 2.75) is 32.2 Å². The maximum atomic E-state index is 9.15. The normalized spacial score (nSPS) is 20.3. The molecule has 1 unspecified atom stereocenters. The molecule has 2 rings (SSSR count). The topological polar surface area (TPSA) is 27.0 Å². The van der Waals surface area contributed by atoms with Gasteiger partial charge in [0.2, 0.25) is 0 Å². The Morgan fingerprint density at radius 2 is 2.27 bits per heavy atom. The van der Waals surface area contributed by atoms with Gasteiger partial charge in [0.15, 0.2) is 0 Å². The number of anilines is 1. The van der Waals surface area contributed by atoms with Crippen LogP contribution >= 0.6 is 0 Å². The van der Waals surface area contributed by atoms with Crippen LogP contribution in [0, 0.1) is 11.3 Å². The quantitative estimate of drug-likeness (QED) is 0.697. The summed E-state index contributed by atoms with van der Waals surface area (Å²) in [5.74, 6) is 0. The Labute approximate surface area is 91.1 Å². The van der Waals surface area contributed by atoms with Crippen molar-refractivity contribution in [3.05, 3.63) is 29.8 Å². The second kappa shape index (κ2) is 4.35. The molecule has 1 aliphatic heterocycles. The fourth-order valence-electron chi connectivity index (χ4n) is 2.34. The highest BCUT2D eigenvalue weighted by Gasteiger charge is 2.22. The van der Waals surface area contributed by atoms with Crippen LogP contribution in [0.1, 0.15) is 25.3 Å². The minimum Gasteiger partial charge on any atom is -0.356 e. The number of benzene rings is 1. The molecule has 0 spiro atoms. The number of aryl methyl sites for hydroxylation is 1. The second-order valence-electron chi connectivity index (χ2n) is 3.95. The molecule has 1 heterocycles. The molecule has 0 aliphatic carbocycles. The first-order valence-electron chi connectivity index (χ1n) is 5.61. The third kappa shape index (κ3) is 1.83. The third-order valence-electron chi connectivity index (χ3n) is 3.09. The van der Waals surface area contributed by atoms with Crippen LogP contribution in [0.2, 0.25) is 0 Å². The van der Waals surface area contributed by atoms with E-state index in [1.54, 1.807) is 0 Å². The molecule has 0 bridgehead atoms. The van der Waals surface area contributed by atoms with Crippen molar-refractivity contribution in [2.24, 2.45) is 0 Å². The van der Waals surface area contributed by atoms with Gasteiger partial charge in [-0.05, 0) is 37.8 Å². The summed E-state index contributed by atoms with van der Waals surface area (Å²) in [6, 6.07) is 10.9. The highest BCUT2D eigenvalue weighted by molar-refractivity contribution is 5.56. The molecule has 78 valence electrons. The van der Waals surface area contributed by atoms with Crippen molar-refractivity contribution in [2.75, 3.05) is 11.4 Å². The molecule has 0 N–H and O–H groups in total. The van der Waals surface area contributed by atoms with E-state index in [4.69, 9.17) is 5.26 Å². The lowest BCUT2D eigenvalue weighted by Gasteiger charge is -2.27. The lowest BCUT2D eigenvalue weighted by molar-refractivity contribution is 0.645. The molecule has 1 aromatic rings. The summed E-state index contributed by atoms with van der Waals surface area (Å²) in [5, 5.41) is 9.15. The highest BCUT2D eigenvalue weighted by atomic mass is 15.2. The van der Waals surface area contributed by atoms with Crippen molar-refractivity contribution < 1.29 is 0 Å². The molecule has 0 saturated heterocycles. The highest BCUT2D eigenvalue weighted by Crippen LogP contribution is 2.28. The zero-order chi connectivity index (χ0) is 10.7. The largest absolute Gasteiger partial charge is 0.356 e. The van der Waals surface area contributed by atoms with Crippen molar-refractivity contribution in [3.63, 3.8) is 0 Å². The smallest absolute Gasteiger partial charge is 0.116 e. The summed E-state index contributed by atoms with van der Waals surface area (Å²) in [4.78, 5) is 2.22. The molecule has 0 radical (unpaired) electrons. The second-order valence-corrected chi connectivity index (χ2v) is 3.95. The number of nitriles is 1. The van der Waals surface area contributed by atoms with E-state index in [2.05, 4.69) is 42.2 Å². The van der Waals surface area contributed by atoms with Crippen LogP contribution in [0.4, 0.5) is 5.69 Å². The summed E-state index contributed by atoms with van der Waals surface area (Å²) < 4.78 is 0. The molecule has 2 nitrogen and oxygen atoms in total. The Morgan fingerprint density at radius 3 is 3.00 bits per heavy atom. The molecule has 1 aromatic carbocycles. The Balaban J connectivity index is 2.42. The summed E-state index contributed by atoms with van der Waals surface area (Å²) in [5.41, 5.74) is 2.64. The lowest BCUT2D eigenvalue weighted by atomic mass is 10.1. The van der Waals surface area contributed by atoms with Gasteiger partial charge in [-0.3, -0.25) is 0 Å². The summed E-state index contributed by atoms with van der Waals surface area (Å²) in [7, 11) is 0. The van der Waals surface area contributed by atoms with E-state index in [9.17, 15) is 0 Å². The van der Waals surface area contributed by atoms with Gasteiger partial charge in [-0.15, -0.1) is 0 Å². The van der Waals surface area contributed by atoms with Crippen molar-refractivity contribution in [1.29, 1.82) is 5.26 Å². The minimum atomic E-state index is 0.0543.